The quantitative estimate of drug-likeness (QED) is 0.188. The predicted octanol–water partition coefficient (Wildman–Crippen LogP) is 5.25. The molecule has 1 atom stereocenters. The van der Waals surface area contributed by atoms with Crippen molar-refractivity contribution in [3.63, 3.8) is 0 Å². The fraction of sp³-hybridized carbons (Fsp3) is 0.333. The molecule has 262 valence electrons. The van der Waals surface area contributed by atoms with E-state index < -0.39 is 35.3 Å². The number of rotatable bonds is 10. The second kappa shape index (κ2) is 12.9. The molecule has 0 bridgehead atoms. The third-order valence-electron chi connectivity index (χ3n) is 9.77. The molecule has 2 fully saturated rings. The molecule has 51 heavy (non-hydrogen) atoms. The highest BCUT2D eigenvalue weighted by Gasteiger charge is 2.45. The van der Waals surface area contributed by atoms with E-state index >= 15 is 0 Å². The normalized spacial score (nSPS) is 20.4. The van der Waals surface area contributed by atoms with Crippen molar-refractivity contribution in [1.29, 1.82) is 0 Å². The van der Waals surface area contributed by atoms with Gasteiger partial charge in [0.2, 0.25) is 11.8 Å². The van der Waals surface area contributed by atoms with Gasteiger partial charge in [0.15, 0.2) is 11.6 Å². The minimum Gasteiger partial charge on any atom is -0.490 e. The van der Waals surface area contributed by atoms with E-state index in [0.717, 1.165) is 34.6 Å². The van der Waals surface area contributed by atoms with Crippen LogP contribution in [0.5, 0.6) is 17.2 Å². The molecule has 4 aromatic rings. The molecule has 1 saturated heterocycles. The number of benzene rings is 3. The SMILES string of the molecule is CC(C)(O)c1ncc(Oc2ccc(C(C)(C)c3ccc(OC4CC(Nc5ccc6c(c5)C(=O)N(C5CCC(=O)NC5=O)C6=O)C4)cc3)cc2)cn1. The van der Waals surface area contributed by atoms with Gasteiger partial charge in [0.1, 0.15) is 29.2 Å². The Morgan fingerprint density at radius 2 is 1.41 bits per heavy atom. The molecule has 4 amide bonds. The third kappa shape index (κ3) is 6.79. The Hall–Kier alpha value is -5.62. The molecule has 0 radical (unpaired) electrons. The van der Waals surface area contributed by atoms with E-state index in [-0.39, 0.29) is 41.5 Å². The van der Waals surface area contributed by atoms with Crippen molar-refractivity contribution < 1.29 is 33.8 Å². The number of carbonyl (C=O) groups excluding carboxylic acids is 4. The zero-order valence-corrected chi connectivity index (χ0v) is 28.8. The lowest BCUT2D eigenvalue weighted by Crippen LogP contribution is -2.54. The molecule has 7 rings (SSSR count). The van der Waals surface area contributed by atoms with Gasteiger partial charge in [-0.1, -0.05) is 38.1 Å². The number of aliphatic hydroxyl groups is 1. The van der Waals surface area contributed by atoms with E-state index in [1.807, 2.05) is 36.4 Å². The first-order valence-electron chi connectivity index (χ1n) is 17.0. The second-order valence-corrected chi connectivity index (χ2v) is 14.3. The van der Waals surface area contributed by atoms with Crippen LogP contribution in [0.4, 0.5) is 5.69 Å². The number of aromatic nitrogens is 2. The maximum Gasteiger partial charge on any atom is 0.262 e. The van der Waals surface area contributed by atoms with Gasteiger partial charge in [-0.2, -0.15) is 0 Å². The van der Waals surface area contributed by atoms with E-state index in [9.17, 15) is 24.3 Å². The number of fused-ring (bicyclic) bond motifs is 1. The molecule has 3 heterocycles. The number of imide groups is 2. The van der Waals surface area contributed by atoms with Crippen molar-refractivity contribution >= 4 is 29.3 Å². The van der Waals surface area contributed by atoms with Gasteiger partial charge in [-0.15, -0.1) is 0 Å². The summed E-state index contributed by atoms with van der Waals surface area (Å²) in [6.07, 6.45) is 4.86. The lowest BCUT2D eigenvalue weighted by molar-refractivity contribution is -0.136. The minimum atomic E-state index is -1.12. The van der Waals surface area contributed by atoms with Crippen molar-refractivity contribution in [1.82, 2.24) is 20.2 Å². The zero-order chi connectivity index (χ0) is 36.1. The van der Waals surface area contributed by atoms with Crippen molar-refractivity contribution in [3.8, 4) is 17.2 Å². The predicted molar refractivity (Wildman–Crippen MR) is 187 cm³/mol. The number of carbonyl (C=O) groups is 4. The number of hydrogen-bond donors (Lipinski definition) is 3. The summed E-state index contributed by atoms with van der Waals surface area (Å²) in [6, 6.07) is 20.2. The lowest BCUT2D eigenvalue weighted by Gasteiger charge is -2.36. The van der Waals surface area contributed by atoms with Gasteiger partial charge in [-0.05, 0) is 73.9 Å². The number of nitrogens with zero attached hydrogens (tertiary/aromatic N) is 3. The summed E-state index contributed by atoms with van der Waals surface area (Å²) < 4.78 is 12.2. The zero-order valence-electron chi connectivity index (χ0n) is 28.8. The number of amides is 4. The van der Waals surface area contributed by atoms with Crippen LogP contribution in [-0.4, -0.2) is 61.8 Å². The molecule has 1 saturated carbocycles. The maximum atomic E-state index is 13.2. The first kappa shape index (κ1) is 33.9. The molecular formula is C39H39N5O7. The average Bonchev–Trinajstić information content (AvgIpc) is 3.32. The van der Waals surface area contributed by atoms with Gasteiger partial charge < -0.3 is 19.9 Å². The van der Waals surface area contributed by atoms with Crippen LogP contribution in [0.15, 0.2) is 79.1 Å². The minimum absolute atomic E-state index is 0.0336. The molecule has 3 aliphatic rings. The summed E-state index contributed by atoms with van der Waals surface area (Å²) in [7, 11) is 0. The van der Waals surface area contributed by atoms with Gasteiger partial charge in [-0.3, -0.25) is 29.4 Å². The van der Waals surface area contributed by atoms with Gasteiger partial charge in [-0.25, -0.2) is 9.97 Å². The molecule has 0 spiro atoms. The van der Waals surface area contributed by atoms with E-state index in [1.54, 1.807) is 44.4 Å². The summed E-state index contributed by atoms with van der Waals surface area (Å²) in [4.78, 5) is 59.4. The number of piperidine rings is 1. The highest BCUT2D eigenvalue weighted by Crippen LogP contribution is 2.36. The van der Waals surface area contributed by atoms with E-state index in [1.165, 1.54) is 0 Å². The standard InChI is InChI=1S/C39H39N5O7/c1-38(2,23-7-12-27(13-8-23)51-29-20-40-37(41-21-29)39(3,4)49)22-5-10-26(11-6-22)50-28-17-25(18-28)42-24-9-14-30-31(19-24)36(48)44(35(30)47)32-15-16-33(45)43-34(32)46/h5-14,19-21,25,28,32,42,49H,15-18H2,1-4H3,(H,43,45,46). The van der Waals surface area contributed by atoms with Crippen LogP contribution in [-0.2, 0) is 20.6 Å². The molecule has 3 N–H and O–H groups in total. The molecule has 12 nitrogen and oxygen atoms in total. The Morgan fingerprint density at radius 3 is 2.02 bits per heavy atom. The Labute approximate surface area is 295 Å². The number of ether oxygens (including phenoxy) is 2. The fourth-order valence-electron chi connectivity index (χ4n) is 6.65. The van der Waals surface area contributed by atoms with Crippen molar-refractivity contribution in [2.45, 2.75) is 82.6 Å². The summed E-state index contributed by atoms with van der Waals surface area (Å²) in [6.45, 7) is 7.59. The Morgan fingerprint density at radius 1 is 0.804 bits per heavy atom. The third-order valence-corrected chi connectivity index (χ3v) is 9.77. The van der Waals surface area contributed by atoms with Crippen LogP contribution in [0.1, 0.15) is 91.0 Å². The van der Waals surface area contributed by atoms with Gasteiger partial charge in [0.25, 0.3) is 11.8 Å². The molecule has 1 aliphatic carbocycles. The fourth-order valence-corrected chi connectivity index (χ4v) is 6.65. The smallest absolute Gasteiger partial charge is 0.262 e. The van der Waals surface area contributed by atoms with E-state index in [0.29, 0.717) is 23.0 Å². The Kier molecular flexibility index (Phi) is 8.58. The second-order valence-electron chi connectivity index (χ2n) is 14.3. The summed E-state index contributed by atoms with van der Waals surface area (Å²) in [5, 5.41) is 15.7. The van der Waals surface area contributed by atoms with E-state index in [4.69, 9.17) is 9.47 Å². The summed E-state index contributed by atoms with van der Waals surface area (Å²) in [5.74, 6) is 0.174. The van der Waals surface area contributed by atoms with Crippen molar-refractivity contribution in [3.05, 3.63) is 107 Å². The first-order chi connectivity index (χ1) is 24.3. The van der Waals surface area contributed by atoms with Gasteiger partial charge in [0, 0.05) is 36.4 Å². The first-order valence-corrected chi connectivity index (χ1v) is 17.0. The van der Waals surface area contributed by atoms with E-state index in [2.05, 4.69) is 46.6 Å². The number of nitrogens with one attached hydrogen (secondary N) is 2. The average molecular weight is 690 g/mol. The topological polar surface area (TPSA) is 160 Å². The molecule has 3 aromatic carbocycles. The molecule has 2 aliphatic heterocycles. The van der Waals surface area contributed by atoms with Crippen molar-refractivity contribution in [2.24, 2.45) is 0 Å². The molecule has 1 unspecified atom stereocenters. The van der Waals surface area contributed by atoms with Crippen LogP contribution in [0.25, 0.3) is 0 Å². The summed E-state index contributed by atoms with van der Waals surface area (Å²) >= 11 is 0. The monoisotopic (exact) mass is 689 g/mol. The van der Waals surface area contributed by atoms with Crippen LogP contribution < -0.4 is 20.1 Å². The highest BCUT2D eigenvalue weighted by molar-refractivity contribution is 6.23. The van der Waals surface area contributed by atoms with Gasteiger partial charge >= 0.3 is 0 Å². The van der Waals surface area contributed by atoms with Crippen LogP contribution in [0.2, 0.25) is 0 Å². The van der Waals surface area contributed by atoms with Crippen LogP contribution in [0.3, 0.4) is 0 Å². The van der Waals surface area contributed by atoms with Gasteiger partial charge in [0.05, 0.1) is 23.5 Å². The molecular weight excluding hydrogens is 650 g/mol. The number of anilines is 1. The maximum absolute atomic E-state index is 13.2. The van der Waals surface area contributed by atoms with Crippen LogP contribution in [0, 0.1) is 0 Å². The highest BCUT2D eigenvalue weighted by atomic mass is 16.5. The Bertz CT molecular complexity index is 2000. The molecule has 1 aromatic heterocycles. The van der Waals surface area contributed by atoms with Crippen LogP contribution >= 0.6 is 0 Å². The lowest BCUT2D eigenvalue weighted by atomic mass is 9.78. The largest absolute Gasteiger partial charge is 0.490 e. The number of hydrogen-bond acceptors (Lipinski definition) is 10. The molecule has 12 heteroatoms. The van der Waals surface area contributed by atoms with Crippen molar-refractivity contribution in [2.75, 3.05) is 5.32 Å². The summed E-state index contributed by atoms with van der Waals surface area (Å²) in [5.41, 5.74) is 2.06. The Balaban J connectivity index is 0.909.